The minimum atomic E-state index is -0.845. The summed E-state index contributed by atoms with van der Waals surface area (Å²) in [6, 6.07) is -0.288. The molecule has 0 aromatic heterocycles. The Balaban J connectivity index is 2.62. The van der Waals surface area contributed by atoms with Gasteiger partial charge >= 0.3 is 5.97 Å². The summed E-state index contributed by atoms with van der Waals surface area (Å²) in [4.78, 5) is 11.0. The van der Waals surface area contributed by atoms with E-state index < -0.39 is 11.4 Å². The Kier molecular flexibility index (Phi) is 3.50. The number of hydrogen-bond donors (Lipinski definition) is 2. The van der Waals surface area contributed by atoms with E-state index in [1.165, 1.54) is 0 Å². The molecular formula is C10H19NO3. The van der Waals surface area contributed by atoms with Crippen LogP contribution in [0.2, 0.25) is 0 Å². The fraction of sp³-hybridized carbons (Fsp3) is 0.900. The second-order valence-electron chi connectivity index (χ2n) is 4.50. The highest BCUT2D eigenvalue weighted by atomic mass is 16.5. The quantitative estimate of drug-likeness (QED) is 0.710. The summed E-state index contributed by atoms with van der Waals surface area (Å²) in [5, 5.41) is 9.03. The average molecular weight is 201 g/mol. The summed E-state index contributed by atoms with van der Waals surface area (Å²) in [6.45, 7) is 4.78. The molecule has 0 aromatic carbocycles. The zero-order chi connectivity index (χ0) is 10.8. The summed E-state index contributed by atoms with van der Waals surface area (Å²) in [6.07, 6.45) is 1.75. The molecule has 1 aliphatic heterocycles. The highest BCUT2D eigenvalue weighted by Gasteiger charge is 2.39. The van der Waals surface area contributed by atoms with Crippen molar-refractivity contribution in [2.45, 2.75) is 32.7 Å². The van der Waals surface area contributed by atoms with Crippen molar-refractivity contribution in [3.63, 3.8) is 0 Å². The number of rotatable bonds is 3. The molecule has 0 bridgehead atoms. The standard InChI is InChI=1S/C10H19NO3/c1-10(2,9(12)13)8(11)7-3-5-14-6-4-7/h7-8H,3-6,11H2,1-2H3,(H,12,13). The van der Waals surface area contributed by atoms with Crippen molar-refractivity contribution in [3.8, 4) is 0 Å². The third-order valence-electron chi connectivity index (χ3n) is 3.16. The van der Waals surface area contributed by atoms with Gasteiger partial charge in [0.1, 0.15) is 0 Å². The lowest BCUT2D eigenvalue weighted by molar-refractivity contribution is -0.149. The molecule has 1 saturated heterocycles. The van der Waals surface area contributed by atoms with Gasteiger partial charge in [0.15, 0.2) is 0 Å². The molecule has 3 N–H and O–H groups in total. The van der Waals surface area contributed by atoms with Crippen molar-refractivity contribution >= 4 is 5.97 Å². The smallest absolute Gasteiger partial charge is 0.310 e. The minimum Gasteiger partial charge on any atom is -0.481 e. The minimum absolute atomic E-state index is 0.273. The molecule has 0 aromatic rings. The Morgan fingerprint density at radius 2 is 2.00 bits per heavy atom. The van der Waals surface area contributed by atoms with Crippen LogP contribution in [0.25, 0.3) is 0 Å². The van der Waals surface area contributed by atoms with E-state index in [1.807, 2.05) is 0 Å². The second kappa shape index (κ2) is 4.28. The average Bonchev–Trinajstić information content (AvgIpc) is 2.17. The summed E-state index contributed by atoms with van der Waals surface area (Å²) in [7, 11) is 0. The van der Waals surface area contributed by atoms with E-state index >= 15 is 0 Å². The van der Waals surface area contributed by atoms with E-state index in [0.29, 0.717) is 13.2 Å². The topological polar surface area (TPSA) is 72.5 Å². The van der Waals surface area contributed by atoms with E-state index in [1.54, 1.807) is 13.8 Å². The molecule has 0 aliphatic carbocycles. The van der Waals surface area contributed by atoms with Crippen LogP contribution in [-0.4, -0.2) is 30.3 Å². The van der Waals surface area contributed by atoms with Crippen LogP contribution in [0.15, 0.2) is 0 Å². The number of carbonyl (C=O) groups is 1. The second-order valence-corrected chi connectivity index (χ2v) is 4.50. The van der Waals surface area contributed by atoms with Crippen molar-refractivity contribution in [3.05, 3.63) is 0 Å². The van der Waals surface area contributed by atoms with Crippen molar-refractivity contribution in [1.29, 1.82) is 0 Å². The third-order valence-corrected chi connectivity index (χ3v) is 3.16. The predicted molar refractivity (Wildman–Crippen MR) is 52.9 cm³/mol. The summed E-state index contributed by atoms with van der Waals surface area (Å²) in [5.74, 6) is -0.550. The first-order valence-electron chi connectivity index (χ1n) is 5.03. The van der Waals surface area contributed by atoms with Gasteiger partial charge in [0.05, 0.1) is 5.41 Å². The molecule has 82 valence electrons. The molecule has 1 heterocycles. The lowest BCUT2D eigenvalue weighted by Crippen LogP contribution is -2.49. The van der Waals surface area contributed by atoms with Gasteiger partial charge < -0.3 is 15.6 Å². The van der Waals surface area contributed by atoms with Gasteiger partial charge in [-0.3, -0.25) is 4.79 Å². The number of hydrogen-bond acceptors (Lipinski definition) is 3. The first-order valence-corrected chi connectivity index (χ1v) is 5.03. The molecule has 0 radical (unpaired) electrons. The number of ether oxygens (including phenoxy) is 1. The molecule has 0 amide bonds. The van der Waals surface area contributed by atoms with E-state index in [-0.39, 0.29) is 12.0 Å². The largest absolute Gasteiger partial charge is 0.481 e. The molecule has 1 aliphatic rings. The molecule has 4 heteroatoms. The fourth-order valence-corrected chi connectivity index (χ4v) is 1.81. The number of carboxylic acids is 1. The molecule has 1 atom stereocenters. The molecule has 14 heavy (non-hydrogen) atoms. The van der Waals surface area contributed by atoms with Gasteiger partial charge in [0, 0.05) is 19.3 Å². The normalized spacial score (nSPS) is 21.9. The Labute approximate surface area is 84.4 Å². The first kappa shape index (κ1) is 11.5. The predicted octanol–water partition coefficient (Wildman–Crippen LogP) is 0.851. The van der Waals surface area contributed by atoms with Gasteiger partial charge in [-0.05, 0) is 32.6 Å². The van der Waals surface area contributed by atoms with Gasteiger partial charge in [-0.15, -0.1) is 0 Å². The summed E-state index contributed by atoms with van der Waals surface area (Å²) in [5.41, 5.74) is 5.15. The highest BCUT2D eigenvalue weighted by molar-refractivity contribution is 5.74. The monoisotopic (exact) mass is 201 g/mol. The molecule has 0 saturated carbocycles. The lowest BCUT2D eigenvalue weighted by atomic mass is 9.75. The van der Waals surface area contributed by atoms with E-state index in [2.05, 4.69) is 0 Å². The Morgan fingerprint density at radius 3 is 2.43 bits per heavy atom. The van der Waals surface area contributed by atoms with Crippen LogP contribution < -0.4 is 5.73 Å². The molecular weight excluding hydrogens is 182 g/mol. The SMILES string of the molecule is CC(C)(C(=O)O)C(N)C1CCOCC1. The van der Waals surface area contributed by atoms with Crippen LogP contribution >= 0.6 is 0 Å². The number of nitrogens with two attached hydrogens (primary N) is 1. The number of carboxylic acid groups (broad SMARTS) is 1. The maximum Gasteiger partial charge on any atom is 0.310 e. The Morgan fingerprint density at radius 1 is 1.50 bits per heavy atom. The van der Waals surface area contributed by atoms with Crippen molar-refractivity contribution < 1.29 is 14.6 Å². The molecule has 0 spiro atoms. The van der Waals surface area contributed by atoms with Crippen molar-refractivity contribution in [2.24, 2.45) is 17.1 Å². The van der Waals surface area contributed by atoms with Crippen LogP contribution in [0, 0.1) is 11.3 Å². The summed E-state index contributed by atoms with van der Waals surface area (Å²) < 4.78 is 5.22. The zero-order valence-corrected chi connectivity index (χ0v) is 8.82. The van der Waals surface area contributed by atoms with Gasteiger partial charge in [-0.25, -0.2) is 0 Å². The summed E-state index contributed by atoms with van der Waals surface area (Å²) >= 11 is 0. The third kappa shape index (κ3) is 2.25. The van der Waals surface area contributed by atoms with E-state index in [4.69, 9.17) is 15.6 Å². The molecule has 1 fully saturated rings. The number of aliphatic carboxylic acids is 1. The maximum absolute atomic E-state index is 11.0. The van der Waals surface area contributed by atoms with Gasteiger partial charge in [0.25, 0.3) is 0 Å². The Hall–Kier alpha value is -0.610. The molecule has 1 unspecified atom stereocenters. The van der Waals surface area contributed by atoms with Crippen molar-refractivity contribution in [2.75, 3.05) is 13.2 Å². The first-order chi connectivity index (χ1) is 6.46. The van der Waals surface area contributed by atoms with Gasteiger partial charge in [0.2, 0.25) is 0 Å². The molecule has 4 nitrogen and oxygen atoms in total. The van der Waals surface area contributed by atoms with Crippen LogP contribution in [0.5, 0.6) is 0 Å². The lowest BCUT2D eigenvalue weighted by Gasteiger charge is -2.35. The maximum atomic E-state index is 11.0. The highest BCUT2D eigenvalue weighted by Crippen LogP contribution is 2.30. The van der Waals surface area contributed by atoms with Crippen LogP contribution in [0.1, 0.15) is 26.7 Å². The van der Waals surface area contributed by atoms with Gasteiger partial charge in [-0.2, -0.15) is 0 Å². The van der Waals surface area contributed by atoms with Gasteiger partial charge in [-0.1, -0.05) is 0 Å². The Bertz CT molecular complexity index is 209. The van der Waals surface area contributed by atoms with E-state index in [9.17, 15) is 4.79 Å². The van der Waals surface area contributed by atoms with Crippen molar-refractivity contribution in [1.82, 2.24) is 0 Å². The van der Waals surface area contributed by atoms with Crippen LogP contribution in [-0.2, 0) is 9.53 Å². The van der Waals surface area contributed by atoms with Crippen LogP contribution in [0.3, 0.4) is 0 Å². The fourth-order valence-electron chi connectivity index (χ4n) is 1.81. The zero-order valence-electron chi connectivity index (χ0n) is 8.82. The molecule has 1 rings (SSSR count). The van der Waals surface area contributed by atoms with E-state index in [0.717, 1.165) is 12.8 Å². The van der Waals surface area contributed by atoms with Crippen LogP contribution in [0.4, 0.5) is 0 Å².